The van der Waals surface area contributed by atoms with Gasteiger partial charge in [0, 0.05) is 12.7 Å². The van der Waals surface area contributed by atoms with E-state index in [1.165, 1.54) is 6.33 Å². The van der Waals surface area contributed by atoms with Gasteiger partial charge in [0.15, 0.2) is 0 Å². The second-order valence-corrected chi connectivity index (χ2v) is 6.14. The first-order valence-electron chi connectivity index (χ1n) is 7.91. The monoisotopic (exact) mass is 314 g/mol. The summed E-state index contributed by atoms with van der Waals surface area (Å²) in [5, 5.41) is 0.902. The molecule has 1 aliphatic heterocycles. The number of likely N-dealkylation sites (tertiary alicyclic amines) is 1. The highest BCUT2D eigenvalue weighted by Crippen LogP contribution is 2.25. The molecule has 1 aliphatic rings. The van der Waals surface area contributed by atoms with Crippen LogP contribution in [0.25, 0.3) is 10.9 Å². The van der Waals surface area contributed by atoms with Crippen LogP contribution in [-0.4, -0.2) is 65.5 Å². The summed E-state index contributed by atoms with van der Waals surface area (Å²) in [5.41, 5.74) is 0.865. The lowest BCUT2D eigenvalue weighted by molar-refractivity contribution is -0.133. The molecular formula is C17H22N4O2. The number of benzene rings is 1. The van der Waals surface area contributed by atoms with Crippen molar-refractivity contribution >= 4 is 16.8 Å². The summed E-state index contributed by atoms with van der Waals surface area (Å²) < 4.78 is 6.00. The fourth-order valence-electron chi connectivity index (χ4n) is 2.99. The minimum Gasteiger partial charge on any atom is -0.491 e. The summed E-state index contributed by atoms with van der Waals surface area (Å²) >= 11 is 0. The number of carbonyl (C=O) groups excluding carboxylic acids is 1. The van der Waals surface area contributed by atoms with Crippen molar-refractivity contribution in [2.24, 2.45) is 0 Å². The van der Waals surface area contributed by atoms with Crippen LogP contribution in [0.1, 0.15) is 12.8 Å². The van der Waals surface area contributed by atoms with Crippen LogP contribution < -0.4 is 4.74 Å². The van der Waals surface area contributed by atoms with E-state index in [0.717, 1.165) is 36.0 Å². The zero-order chi connectivity index (χ0) is 16.2. The number of hydrogen-bond acceptors (Lipinski definition) is 5. The Labute approximate surface area is 136 Å². The van der Waals surface area contributed by atoms with Crippen molar-refractivity contribution in [1.82, 2.24) is 19.8 Å². The SMILES string of the molecule is CN(C)CC(=O)N1CCC[C@H]1COc1cccc2ncncc12. The van der Waals surface area contributed by atoms with E-state index >= 15 is 0 Å². The van der Waals surface area contributed by atoms with Gasteiger partial charge in [0.2, 0.25) is 5.91 Å². The normalized spacial score (nSPS) is 17.9. The molecule has 0 bridgehead atoms. The summed E-state index contributed by atoms with van der Waals surface area (Å²) in [5.74, 6) is 0.942. The maximum atomic E-state index is 12.3. The molecule has 1 aromatic carbocycles. The van der Waals surface area contributed by atoms with Crippen LogP contribution in [0.15, 0.2) is 30.7 Å². The summed E-state index contributed by atoms with van der Waals surface area (Å²) in [6.45, 7) is 1.77. The molecule has 2 aromatic rings. The highest BCUT2D eigenvalue weighted by molar-refractivity contribution is 5.84. The van der Waals surface area contributed by atoms with Crippen LogP contribution in [0.3, 0.4) is 0 Å². The molecule has 1 atom stereocenters. The number of nitrogens with zero attached hydrogens (tertiary/aromatic N) is 4. The molecule has 2 heterocycles. The average Bonchev–Trinajstić information content (AvgIpc) is 3.01. The zero-order valence-electron chi connectivity index (χ0n) is 13.6. The summed E-state index contributed by atoms with van der Waals surface area (Å²) in [7, 11) is 3.82. The van der Waals surface area contributed by atoms with Crippen molar-refractivity contribution in [3.8, 4) is 5.75 Å². The number of fused-ring (bicyclic) bond motifs is 1. The molecule has 6 heteroatoms. The number of carbonyl (C=O) groups is 1. The first-order chi connectivity index (χ1) is 11.1. The first kappa shape index (κ1) is 15.7. The maximum absolute atomic E-state index is 12.3. The average molecular weight is 314 g/mol. The molecule has 0 unspecified atom stereocenters. The Morgan fingerprint density at radius 1 is 1.43 bits per heavy atom. The fourth-order valence-corrected chi connectivity index (χ4v) is 2.99. The van der Waals surface area contributed by atoms with E-state index in [1.54, 1.807) is 6.20 Å². The summed E-state index contributed by atoms with van der Waals surface area (Å²) in [6, 6.07) is 5.93. The molecule has 1 aromatic heterocycles. The predicted octanol–water partition coefficient (Wildman–Crippen LogP) is 1.56. The van der Waals surface area contributed by atoms with E-state index in [-0.39, 0.29) is 11.9 Å². The van der Waals surface area contributed by atoms with Gasteiger partial charge < -0.3 is 14.5 Å². The number of amides is 1. The smallest absolute Gasteiger partial charge is 0.237 e. The van der Waals surface area contributed by atoms with E-state index in [0.29, 0.717) is 13.2 Å². The van der Waals surface area contributed by atoms with E-state index in [2.05, 4.69) is 9.97 Å². The highest BCUT2D eigenvalue weighted by Gasteiger charge is 2.29. The Morgan fingerprint density at radius 3 is 3.13 bits per heavy atom. The molecule has 122 valence electrons. The third kappa shape index (κ3) is 3.59. The number of hydrogen-bond donors (Lipinski definition) is 0. The highest BCUT2D eigenvalue weighted by atomic mass is 16.5. The lowest BCUT2D eigenvalue weighted by atomic mass is 10.2. The van der Waals surface area contributed by atoms with Crippen LogP contribution in [0.5, 0.6) is 5.75 Å². The van der Waals surface area contributed by atoms with Crippen molar-refractivity contribution in [3.05, 3.63) is 30.7 Å². The van der Waals surface area contributed by atoms with Crippen molar-refractivity contribution in [2.75, 3.05) is 33.8 Å². The third-order valence-electron chi connectivity index (χ3n) is 4.09. The van der Waals surface area contributed by atoms with Gasteiger partial charge in [-0.3, -0.25) is 4.79 Å². The van der Waals surface area contributed by atoms with E-state index in [4.69, 9.17) is 4.74 Å². The standard InChI is InChI=1S/C17H22N4O2/c1-20(2)10-17(22)21-8-4-5-13(21)11-23-16-7-3-6-15-14(16)9-18-12-19-15/h3,6-7,9,12-13H,4-5,8,10-11H2,1-2H3/t13-/m0/s1. The Bertz CT molecular complexity index is 684. The second kappa shape index (κ2) is 6.91. The molecule has 1 saturated heterocycles. The van der Waals surface area contributed by atoms with Crippen molar-refractivity contribution in [3.63, 3.8) is 0 Å². The molecule has 0 radical (unpaired) electrons. The lowest BCUT2D eigenvalue weighted by Gasteiger charge is -2.26. The van der Waals surface area contributed by atoms with Gasteiger partial charge in [-0.25, -0.2) is 9.97 Å². The van der Waals surface area contributed by atoms with Gasteiger partial charge in [-0.1, -0.05) is 6.07 Å². The van der Waals surface area contributed by atoms with Crippen LogP contribution in [-0.2, 0) is 4.79 Å². The van der Waals surface area contributed by atoms with Crippen molar-refractivity contribution < 1.29 is 9.53 Å². The fraction of sp³-hybridized carbons (Fsp3) is 0.471. The molecule has 0 spiro atoms. The minimum atomic E-state index is 0.141. The quantitative estimate of drug-likeness (QED) is 0.838. The molecule has 0 saturated carbocycles. The Morgan fingerprint density at radius 2 is 2.30 bits per heavy atom. The molecular weight excluding hydrogens is 292 g/mol. The Balaban J connectivity index is 1.68. The zero-order valence-corrected chi connectivity index (χ0v) is 13.6. The van der Waals surface area contributed by atoms with E-state index in [9.17, 15) is 4.79 Å². The Hall–Kier alpha value is -2.21. The Kier molecular flexibility index (Phi) is 4.71. The van der Waals surface area contributed by atoms with Gasteiger partial charge in [0.1, 0.15) is 18.7 Å². The molecule has 1 amide bonds. The van der Waals surface area contributed by atoms with Gasteiger partial charge in [-0.05, 0) is 39.1 Å². The van der Waals surface area contributed by atoms with Gasteiger partial charge in [0.05, 0.1) is 23.5 Å². The minimum absolute atomic E-state index is 0.141. The van der Waals surface area contributed by atoms with E-state index in [1.807, 2.05) is 42.1 Å². The molecule has 6 nitrogen and oxygen atoms in total. The lowest BCUT2D eigenvalue weighted by Crippen LogP contribution is -2.43. The van der Waals surface area contributed by atoms with Crippen molar-refractivity contribution in [2.45, 2.75) is 18.9 Å². The number of aromatic nitrogens is 2. The number of likely N-dealkylation sites (N-methyl/N-ethyl adjacent to an activating group) is 1. The van der Waals surface area contributed by atoms with Gasteiger partial charge in [-0.2, -0.15) is 0 Å². The summed E-state index contributed by atoms with van der Waals surface area (Å²) in [6.07, 6.45) is 5.32. The number of rotatable bonds is 5. The molecule has 1 fully saturated rings. The van der Waals surface area contributed by atoms with Crippen LogP contribution in [0, 0.1) is 0 Å². The van der Waals surface area contributed by atoms with Crippen LogP contribution in [0.2, 0.25) is 0 Å². The van der Waals surface area contributed by atoms with E-state index < -0.39 is 0 Å². The third-order valence-corrected chi connectivity index (χ3v) is 4.09. The second-order valence-electron chi connectivity index (χ2n) is 6.14. The van der Waals surface area contributed by atoms with Gasteiger partial charge in [0.25, 0.3) is 0 Å². The first-order valence-corrected chi connectivity index (χ1v) is 7.91. The van der Waals surface area contributed by atoms with Crippen molar-refractivity contribution in [1.29, 1.82) is 0 Å². The van der Waals surface area contributed by atoms with Crippen LogP contribution >= 0.6 is 0 Å². The molecule has 23 heavy (non-hydrogen) atoms. The maximum Gasteiger partial charge on any atom is 0.237 e. The summed E-state index contributed by atoms with van der Waals surface area (Å²) in [4.78, 5) is 24.5. The predicted molar refractivity (Wildman–Crippen MR) is 88.3 cm³/mol. The molecule has 0 N–H and O–H groups in total. The van der Waals surface area contributed by atoms with Crippen LogP contribution in [0.4, 0.5) is 0 Å². The largest absolute Gasteiger partial charge is 0.491 e. The number of ether oxygens (including phenoxy) is 1. The van der Waals surface area contributed by atoms with Gasteiger partial charge in [-0.15, -0.1) is 0 Å². The van der Waals surface area contributed by atoms with Gasteiger partial charge >= 0.3 is 0 Å². The molecule has 0 aliphatic carbocycles. The molecule has 3 rings (SSSR count). The topological polar surface area (TPSA) is 58.6 Å².